The van der Waals surface area contributed by atoms with Gasteiger partial charge in [0.15, 0.2) is 0 Å². The van der Waals surface area contributed by atoms with E-state index in [4.69, 9.17) is 10.00 Å². The molecule has 1 aromatic rings. The Morgan fingerprint density at radius 2 is 2.33 bits per heavy atom. The lowest BCUT2D eigenvalue weighted by Crippen LogP contribution is -1.99. The first-order valence-corrected chi connectivity index (χ1v) is 6.13. The summed E-state index contributed by atoms with van der Waals surface area (Å²) in [6, 6.07) is 7.73. The predicted octanol–water partition coefficient (Wildman–Crippen LogP) is 3.01. The van der Waals surface area contributed by atoms with Gasteiger partial charge in [0.1, 0.15) is 0 Å². The monoisotopic (exact) mass is 241 g/mol. The fourth-order valence-corrected chi connectivity index (χ4v) is 1.89. The molecule has 0 saturated heterocycles. The first kappa shape index (κ1) is 12.4. The van der Waals surface area contributed by atoms with E-state index < -0.39 is 0 Å². The van der Waals surface area contributed by atoms with Crippen LogP contribution in [0.1, 0.15) is 42.4 Å². The zero-order chi connectivity index (χ0) is 13.0. The number of nitriles is 1. The standard InChI is InChI=1S/C15H15NO2/c1-2-18-15(17)8-7-12-4-3-11(10-16)9-14(12)13-5-6-13/h3-4,7-9,13H,2,5-6H2,1H3/b8-7+. The van der Waals surface area contributed by atoms with Crippen molar-refractivity contribution in [2.24, 2.45) is 0 Å². The van der Waals surface area contributed by atoms with Gasteiger partial charge in [0.25, 0.3) is 0 Å². The van der Waals surface area contributed by atoms with E-state index in [1.807, 2.05) is 12.1 Å². The summed E-state index contributed by atoms with van der Waals surface area (Å²) in [6.07, 6.45) is 5.54. The third kappa shape index (κ3) is 2.98. The molecular formula is C15H15NO2. The molecule has 0 radical (unpaired) electrons. The minimum atomic E-state index is -0.330. The molecule has 1 aliphatic carbocycles. The topological polar surface area (TPSA) is 50.1 Å². The zero-order valence-electron chi connectivity index (χ0n) is 10.3. The number of hydrogen-bond acceptors (Lipinski definition) is 3. The summed E-state index contributed by atoms with van der Waals surface area (Å²) in [4.78, 5) is 11.3. The summed E-state index contributed by atoms with van der Waals surface area (Å²) in [6.45, 7) is 2.16. The highest BCUT2D eigenvalue weighted by molar-refractivity contribution is 5.87. The number of carbonyl (C=O) groups is 1. The van der Waals surface area contributed by atoms with Gasteiger partial charge in [0.2, 0.25) is 0 Å². The van der Waals surface area contributed by atoms with Crippen LogP contribution in [-0.4, -0.2) is 12.6 Å². The maximum Gasteiger partial charge on any atom is 0.330 e. The number of benzene rings is 1. The van der Waals surface area contributed by atoms with E-state index in [-0.39, 0.29) is 5.97 Å². The van der Waals surface area contributed by atoms with Crippen LogP contribution in [0.15, 0.2) is 24.3 Å². The van der Waals surface area contributed by atoms with E-state index in [1.54, 1.807) is 19.1 Å². The van der Waals surface area contributed by atoms with Gasteiger partial charge in [-0.15, -0.1) is 0 Å². The minimum Gasteiger partial charge on any atom is -0.463 e. The quantitative estimate of drug-likeness (QED) is 0.601. The minimum absolute atomic E-state index is 0.330. The van der Waals surface area contributed by atoms with Crippen molar-refractivity contribution in [2.45, 2.75) is 25.7 Å². The molecule has 1 aromatic carbocycles. The van der Waals surface area contributed by atoms with Crippen LogP contribution in [0, 0.1) is 11.3 Å². The van der Waals surface area contributed by atoms with Gasteiger partial charge in [-0.1, -0.05) is 6.07 Å². The zero-order valence-corrected chi connectivity index (χ0v) is 10.3. The number of rotatable bonds is 4. The molecule has 0 heterocycles. The van der Waals surface area contributed by atoms with Crippen LogP contribution in [0.2, 0.25) is 0 Å². The fourth-order valence-electron chi connectivity index (χ4n) is 1.89. The molecular weight excluding hydrogens is 226 g/mol. The Kier molecular flexibility index (Phi) is 3.78. The molecule has 2 rings (SSSR count). The van der Waals surface area contributed by atoms with Crippen molar-refractivity contribution in [3.63, 3.8) is 0 Å². The summed E-state index contributed by atoms with van der Waals surface area (Å²) in [7, 11) is 0. The van der Waals surface area contributed by atoms with Crippen molar-refractivity contribution in [2.75, 3.05) is 6.61 Å². The number of esters is 1. The van der Waals surface area contributed by atoms with Crippen LogP contribution < -0.4 is 0 Å². The van der Waals surface area contributed by atoms with Crippen molar-refractivity contribution in [3.8, 4) is 6.07 Å². The second-order valence-electron chi connectivity index (χ2n) is 4.32. The van der Waals surface area contributed by atoms with Crippen molar-refractivity contribution in [1.82, 2.24) is 0 Å². The van der Waals surface area contributed by atoms with E-state index in [2.05, 4.69) is 6.07 Å². The van der Waals surface area contributed by atoms with Crippen LogP contribution >= 0.6 is 0 Å². The second-order valence-corrected chi connectivity index (χ2v) is 4.32. The van der Waals surface area contributed by atoms with E-state index in [0.717, 1.165) is 24.0 Å². The Morgan fingerprint density at radius 1 is 1.56 bits per heavy atom. The summed E-state index contributed by atoms with van der Waals surface area (Å²) in [5, 5.41) is 8.90. The van der Waals surface area contributed by atoms with Crippen LogP contribution in [0.4, 0.5) is 0 Å². The molecule has 0 aliphatic heterocycles. The summed E-state index contributed by atoms with van der Waals surface area (Å²) >= 11 is 0. The fraction of sp³-hybridized carbons (Fsp3) is 0.333. The van der Waals surface area contributed by atoms with Crippen molar-refractivity contribution >= 4 is 12.0 Å². The second kappa shape index (κ2) is 5.50. The summed E-state index contributed by atoms with van der Waals surface area (Å²) < 4.78 is 4.85. The van der Waals surface area contributed by atoms with E-state index >= 15 is 0 Å². The molecule has 0 amide bonds. The van der Waals surface area contributed by atoms with Gasteiger partial charge in [-0.2, -0.15) is 5.26 Å². The van der Waals surface area contributed by atoms with Crippen LogP contribution in [0.3, 0.4) is 0 Å². The smallest absolute Gasteiger partial charge is 0.330 e. The molecule has 3 heteroatoms. The lowest BCUT2D eigenvalue weighted by molar-refractivity contribution is -0.137. The third-order valence-electron chi connectivity index (χ3n) is 2.92. The molecule has 1 fully saturated rings. The van der Waals surface area contributed by atoms with E-state index in [9.17, 15) is 4.79 Å². The number of ether oxygens (including phenoxy) is 1. The largest absolute Gasteiger partial charge is 0.463 e. The van der Waals surface area contributed by atoms with E-state index in [1.165, 1.54) is 6.08 Å². The van der Waals surface area contributed by atoms with Crippen LogP contribution in [0.25, 0.3) is 6.08 Å². The molecule has 0 atom stereocenters. The van der Waals surface area contributed by atoms with Gasteiger partial charge in [0.05, 0.1) is 18.2 Å². The van der Waals surface area contributed by atoms with Crippen LogP contribution in [-0.2, 0) is 9.53 Å². The van der Waals surface area contributed by atoms with Gasteiger partial charge in [0, 0.05) is 6.08 Å². The highest BCUT2D eigenvalue weighted by Gasteiger charge is 2.25. The van der Waals surface area contributed by atoms with Gasteiger partial charge < -0.3 is 4.74 Å². The van der Waals surface area contributed by atoms with Gasteiger partial charge in [-0.25, -0.2) is 4.79 Å². The highest BCUT2D eigenvalue weighted by Crippen LogP contribution is 2.42. The van der Waals surface area contributed by atoms with Crippen molar-refractivity contribution < 1.29 is 9.53 Å². The molecule has 3 nitrogen and oxygen atoms in total. The summed E-state index contributed by atoms with van der Waals surface area (Å²) in [5.74, 6) is 0.212. The Hall–Kier alpha value is -2.08. The van der Waals surface area contributed by atoms with E-state index in [0.29, 0.717) is 18.1 Å². The predicted molar refractivity (Wildman–Crippen MR) is 68.8 cm³/mol. The maximum absolute atomic E-state index is 11.3. The molecule has 1 saturated carbocycles. The first-order chi connectivity index (χ1) is 8.74. The van der Waals surface area contributed by atoms with Gasteiger partial charge in [-0.3, -0.25) is 0 Å². The number of nitrogens with zero attached hydrogens (tertiary/aromatic N) is 1. The van der Waals surface area contributed by atoms with Crippen LogP contribution in [0.5, 0.6) is 0 Å². The molecule has 0 bridgehead atoms. The average Bonchev–Trinajstić information content (AvgIpc) is 3.21. The highest BCUT2D eigenvalue weighted by atomic mass is 16.5. The van der Waals surface area contributed by atoms with Gasteiger partial charge in [-0.05, 0) is 55.0 Å². The SMILES string of the molecule is CCOC(=O)/C=C/c1ccc(C#N)cc1C1CC1. The normalized spacial score (nSPS) is 14.4. The molecule has 0 unspecified atom stereocenters. The van der Waals surface area contributed by atoms with Crippen molar-refractivity contribution in [1.29, 1.82) is 5.26 Å². The molecule has 0 aromatic heterocycles. The molecule has 0 N–H and O–H groups in total. The van der Waals surface area contributed by atoms with Gasteiger partial charge >= 0.3 is 5.97 Å². The molecule has 0 spiro atoms. The number of hydrogen-bond donors (Lipinski definition) is 0. The maximum atomic E-state index is 11.3. The average molecular weight is 241 g/mol. The molecule has 92 valence electrons. The molecule has 1 aliphatic rings. The first-order valence-electron chi connectivity index (χ1n) is 6.13. The Labute approximate surface area is 107 Å². The lowest BCUT2D eigenvalue weighted by atomic mass is 10.00. The summed E-state index contributed by atoms with van der Waals surface area (Å²) in [5.41, 5.74) is 2.84. The lowest BCUT2D eigenvalue weighted by Gasteiger charge is -2.04. The Bertz CT molecular complexity index is 522. The Balaban J connectivity index is 2.22. The molecule has 18 heavy (non-hydrogen) atoms. The van der Waals surface area contributed by atoms with Crippen molar-refractivity contribution in [3.05, 3.63) is 41.0 Å². The number of carbonyl (C=O) groups excluding carboxylic acids is 1. The third-order valence-corrected chi connectivity index (χ3v) is 2.92. The Morgan fingerprint density at radius 3 is 2.94 bits per heavy atom.